The maximum Gasteiger partial charge on any atom is 0.508 e. The third-order valence-corrected chi connectivity index (χ3v) is 1.69. The van der Waals surface area contributed by atoms with Crippen LogP contribution in [0.4, 0.5) is 4.79 Å². The number of phenolic OH excluding ortho intramolecular Hbond substituents is 1. The van der Waals surface area contributed by atoms with Crippen molar-refractivity contribution >= 4 is 6.16 Å². The van der Waals surface area contributed by atoms with E-state index in [1.807, 2.05) is 13.0 Å². The molecule has 0 amide bonds. The molecule has 1 aromatic carbocycles. The molecule has 5 nitrogen and oxygen atoms in total. The molecule has 5 heteroatoms. The number of benzene rings is 1. The number of ether oxygens (including phenoxy) is 3. The van der Waals surface area contributed by atoms with Gasteiger partial charge in [-0.1, -0.05) is 12.1 Å². The monoisotopic (exact) mass is 256 g/mol. The largest absolute Gasteiger partial charge is 0.508 e. The molecule has 0 saturated carbocycles. The molecule has 1 aromatic rings. The summed E-state index contributed by atoms with van der Waals surface area (Å²) in [5.41, 5.74) is 0. The molecule has 0 spiro atoms. The fourth-order valence-corrected chi connectivity index (χ4v) is 1.01. The number of para-hydroxylation sites is 2. The molecule has 0 saturated heterocycles. The average Bonchev–Trinajstić information content (AvgIpc) is 2.34. The van der Waals surface area contributed by atoms with Gasteiger partial charge in [-0.05, 0) is 32.9 Å². The summed E-state index contributed by atoms with van der Waals surface area (Å²) >= 11 is 0. The SMILES string of the molecule is CCOC(=O)OCC.CCOc1ccccc1O. The Hall–Kier alpha value is -1.91. The summed E-state index contributed by atoms with van der Waals surface area (Å²) in [6.45, 7) is 6.68. The van der Waals surface area contributed by atoms with Gasteiger partial charge in [-0.25, -0.2) is 4.79 Å². The Labute approximate surface area is 107 Å². The van der Waals surface area contributed by atoms with Crippen LogP contribution < -0.4 is 4.74 Å². The normalized spacial score (nSPS) is 8.83. The van der Waals surface area contributed by atoms with E-state index in [4.69, 9.17) is 9.84 Å². The maximum absolute atomic E-state index is 10.2. The first kappa shape index (κ1) is 16.1. The van der Waals surface area contributed by atoms with E-state index in [9.17, 15) is 4.79 Å². The Balaban J connectivity index is 0.000000331. The summed E-state index contributed by atoms with van der Waals surface area (Å²) in [7, 11) is 0. The van der Waals surface area contributed by atoms with E-state index < -0.39 is 6.16 Å². The fraction of sp³-hybridized carbons (Fsp3) is 0.462. The number of carbonyl (C=O) groups is 1. The van der Waals surface area contributed by atoms with Crippen LogP contribution in [0.25, 0.3) is 0 Å². The van der Waals surface area contributed by atoms with E-state index in [2.05, 4.69) is 9.47 Å². The van der Waals surface area contributed by atoms with Crippen molar-refractivity contribution in [3.05, 3.63) is 24.3 Å². The summed E-state index contributed by atoms with van der Waals surface area (Å²) in [4.78, 5) is 10.2. The van der Waals surface area contributed by atoms with Crippen LogP contribution in [-0.4, -0.2) is 31.1 Å². The molecular formula is C13H20O5. The Morgan fingerprint density at radius 1 is 1.06 bits per heavy atom. The summed E-state index contributed by atoms with van der Waals surface area (Å²) in [6.07, 6.45) is -0.588. The molecule has 102 valence electrons. The van der Waals surface area contributed by atoms with Crippen molar-refractivity contribution in [2.24, 2.45) is 0 Å². The van der Waals surface area contributed by atoms with Crippen LogP contribution in [-0.2, 0) is 9.47 Å². The molecule has 1 N–H and O–H groups in total. The Kier molecular flexibility index (Phi) is 9.17. The van der Waals surface area contributed by atoms with Crippen molar-refractivity contribution in [3.63, 3.8) is 0 Å². The van der Waals surface area contributed by atoms with Gasteiger partial charge in [-0.2, -0.15) is 0 Å². The molecule has 0 bridgehead atoms. The zero-order valence-electron chi connectivity index (χ0n) is 11.0. The number of aromatic hydroxyl groups is 1. The van der Waals surface area contributed by atoms with Gasteiger partial charge >= 0.3 is 6.16 Å². The zero-order valence-corrected chi connectivity index (χ0v) is 11.0. The summed E-state index contributed by atoms with van der Waals surface area (Å²) in [5, 5.41) is 9.12. The first-order valence-corrected chi connectivity index (χ1v) is 5.85. The molecule has 0 aromatic heterocycles. The van der Waals surface area contributed by atoms with Gasteiger partial charge in [0, 0.05) is 0 Å². The maximum atomic E-state index is 10.2. The van der Waals surface area contributed by atoms with Crippen LogP contribution in [0.3, 0.4) is 0 Å². The number of hydrogen-bond acceptors (Lipinski definition) is 5. The molecule has 0 heterocycles. The highest BCUT2D eigenvalue weighted by atomic mass is 16.7. The van der Waals surface area contributed by atoms with Crippen molar-refractivity contribution in [1.82, 2.24) is 0 Å². The molecule has 18 heavy (non-hydrogen) atoms. The Morgan fingerprint density at radius 3 is 2.06 bits per heavy atom. The van der Waals surface area contributed by atoms with E-state index in [1.54, 1.807) is 32.0 Å². The molecule has 0 aliphatic heterocycles. The van der Waals surface area contributed by atoms with E-state index >= 15 is 0 Å². The highest BCUT2D eigenvalue weighted by Crippen LogP contribution is 2.23. The van der Waals surface area contributed by atoms with E-state index in [0.29, 0.717) is 25.6 Å². The second kappa shape index (κ2) is 10.3. The van der Waals surface area contributed by atoms with Crippen LogP contribution in [0.15, 0.2) is 24.3 Å². The van der Waals surface area contributed by atoms with Crippen molar-refractivity contribution in [3.8, 4) is 11.5 Å². The van der Waals surface area contributed by atoms with Crippen LogP contribution in [0.5, 0.6) is 11.5 Å². The van der Waals surface area contributed by atoms with Gasteiger partial charge < -0.3 is 19.3 Å². The van der Waals surface area contributed by atoms with E-state index in [-0.39, 0.29) is 5.75 Å². The van der Waals surface area contributed by atoms with Gasteiger partial charge in [0.2, 0.25) is 0 Å². The molecule has 1 rings (SSSR count). The van der Waals surface area contributed by atoms with Gasteiger partial charge in [0.25, 0.3) is 0 Å². The lowest BCUT2D eigenvalue weighted by atomic mass is 10.3. The lowest BCUT2D eigenvalue weighted by Crippen LogP contribution is -2.05. The molecule has 0 unspecified atom stereocenters. The highest BCUT2D eigenvalue weighted by Gasteiger charge is 1.96. The van der Waals surface area contributed by atoms with Crippen molar-refractivity contribution in [2.45, 2.75) is 20.8 Å². The molecule has 0 fully saturated rings. The Morgan fingerprint density at radius 2 is 1.61 bits per heavy atom. The summed E-state index contributed by atoms with van der Waals surface area (Å²) in [5.74, 6) is 0.745. The second-order valence-corrected chi connectivity index (χ2v) is 3.02. The third kappa shape index (κ3) is 7.38. The predicted molar refractivity (Wildman–Crippen MR) is 67.9 cm³/mol. The van der Waals surface area contributed by atoms with Gasteiger partial charge in [-0.3, -0.25) is 0 Å². The van der Waals surface area contributed by atoms with Crippen LogP contribution in [0.1, 0.15) is 20.8 Å². The first-order valence-electron chi connectivity index (χ1n) is 5.85. The molecule has 0 aliphatic carbocycles. The minimum atomic E-state index is -0.588. The lowest BCUT2D eigenvalue weighted by molar-refractivity contribution is 0.0630. The molecule has 0 aliphatic rings. The first-order chi connectivity index (χ1) is 8.65. The number of carbonyl (C=O) groups excluding carboxylic acids is 1. The van der Waals surface area contributed by atoms with Crippen LogP contribution in [0.2, 0.25) is 0 Å². The fourth-order valence-electron chi connectivity index (χ4n) is 1.01. The molecule has 0 radical (unpaired) electrons. The van der Waals surface area contributed by atoms with Crippen LogP contribution in [0, 0.1) is 0 Å². The van der Waals surface area contributed by atoms with Gasteiger partial charge in [0.05, 0.1) is 19.8 Å². The third-order valence-electron chi connectivity index (χ3n) is 1.69. The van der Waals surface area contributed by atoms with Crippen molar-refractivity contribution in [2.75, 3.05) is 19.8 Å². The standard InChI is InChI=1S/C8H10O2.C5H10O3/c1-2-10-8-6-4-3-5-7(8)9;1-3-7-5(6)8-4-2/h3-6,9H,2H2,1H3;3-4H2,1-2H3. The Bertz CT molecular complexity index is 330. The van der Waals surface area contributed by atoms with Crippen molar-refractivity contribution < 1.29 is 24.1 Å². The second-order valence-electron chi connectivity index (χ2n) is 3.02. The number of hydrogen-bond donors (Lipinski definition) is 1. The number of rotatable bonds is 4. The highest BCUT2D eigenvalue weighted by molar-refractivity contribution is 5.59. The molecule has 0 atom stereocenters. The molecular weight excluding hydrogens is 236 g/mol. The quantitative estimate of drug-likeness (QED) is 0.839. The lowest BCUT2D eigenvalue weighted by Gasteiger charge is -2.02. The number of phenols is 1. The minimum Gasteiger partial charge on any atom is -0.504 e. The van der Waals surface area contributed by atoms with Crippen LogP contribution >= 0.6 is 0 Å². The average molecular weight is 256 g/mol. The van der Waals surface area contributed by atoms with Gasteiger partial charge in [-0.15, -0.1) is 0 Å². The zero-order chi connectivity index (χ0) is 13.8. The summed E-state index contributed by atoms with van der Waals surface area (Å²) < 4.78 is 13.9. The van der Waals surface area contributed by atoms with Gasteiger partial charge in [0.1, 0.15) is 0 Å². The van der Waals surface area contributed by atoms with Crippen molar-refractivity contribution in [1.29, 1.82) is 0 Å². The minimum absolute atomic E-state index is 0.198. The van der Waals surface area contributed by atoms with E-state index in [0.717, 1.165) is 0 Å². The smallest absolute Gasteiger partial charge is 0.504 e. The topological polar surface area (TPSA) is 65.0 Å². The van der Waals surface area contributed by atoms with Gasteiger partial charge in [0.15, 0.2) is 11.5 Å². The van der Waals surface area contributed by atoms with E-state index in [1.165, 1.54) is 0 Å². The predicted octanol–water partition coefficient (Wildman–Crippen LogP) is 2.97. The summed E-state index contributed by atoms with van der Waals surface area (Å²) in [6, 6.07) is 6.92.